The Labute approximate surface area is 207 Å². The third kappa shape index (κ3) is 4.37. The molecule has 0 radical (unpaired) electrons. The first-order valence-corrected chi connectivity index (χ1v) is 10.7. The van der Waals surface area contributed by atoms with E-state index in [4.69, 9.17) is 0 Å². The Balaban J connectivity index is 4.74. The van der Waals surface area contributed by atoms with Gasteiger partial charge in [0.2, 0.25) is 0 Å². The fraction of sp³-hybridized carbons (Fsp3) is 0.400. The van der Waals surface area contributed by atoms with Gasteiger partial charge >= 0.3 is 17.1 Å². The van der Waals surface area contributed by atoms with Crippen LogP contribution in [0.2, 0.25) is 0 Å². The molecule has 1 aromatic rings. The monoisotopic (exact) mass is 501 g/mol. The second-order valence-electron chi connectivity index (χ2n) is 9.10. The van der Waals surface area contributed by atoms with Gasteiger partial charge < -0.3 is 5.11 Å². The molecule has 0 aliphatic heterocycles. The number of aliphatic hydroxyl groups is 1. The number of hydrogen-bond acceptors (Lipinski definition) is 8. The van der Waals surface area contributed by atoms with Gasteiger partial charge in [0.05, 0.1) is 0 Å². The van der Waals surface area contributed by atoms with Crippen molar-refractivity contribution in [3.05, 3.63) is 80.1 Å². The molecule has 194 valence electrons. The molecule has 0 fully saturated rings. The molecule has 1 atom stereocenters. The van der Waals surface area contributed by atoms with E-state index in [1.807, 2.05) is 0 Å². The summed E-state index contributed by atoms with van der Waals surface area (Å²) in [5, 5.41) is 10.3. The molecule has 1 unspecified atom stereocenters. The van der Waals surface area contributed by atoms with Crippen molar-refractivity contribution in [1.29, 1.82) is 0 Å². The summed E-state index contributed by atoms with van der Waals surface area (Å²) in [6.45, 7) is 21.8. The van der Waals surface area contributed by atoms with Gasteiger partial charge in [-0.05, 0) is 70.8 Å². The van der Waals surface area contributed by atoms with E-state index >= 15 is 0 Å². The van der Waals surface area contributed by atoms with Crippen molar-refractivity contribution in [2.24, 2.45) is 0 Å². The summed E-state index contributed by atoms with van der Waals surface area (Å²) in [4.78, 5) is 93.7. The number of carbonyl (C=O) groups is 4. The third-order valence-corrected chi connectivity index (χ3v) is 5.76. The summed E-state index contributed by atoms with van der Waals surface area (Å²) in [6.07, 6.45) is -1.91. The van der Waals surface area contributed by atoms with Crippen LogP contribution in [0.4, 0.5) is 0 Å². The average molecular weight is 502 g/mol. The number of Topliss-reactive ketones (excluding diaryl/α,β-unsaturated/α-hetero) is 4. The molecule has 1 aromatic heterocycles. The standard InChI is InChI=1S/C25H31N3O8/c1-12(2)17(30)24(10,18(31)13(3)4)27-21(34)26(16(9)29)22(35)28(23(27)36)25(11,19(32)14(5)6)20(33)15(7)8/h16,29H,1,3,5,7H2,2,4,6,8-11H3. The molecule has 11 nitrogen and oxygen atoms in total. The Morgan fingerprint density at radius 3 is 1.03 bits per heavy atom. The van der Waals surface area contributed by atoms with Crippen molar-refractivity contribution in [3.63, 3.8) is 0 Å². The molecule has 0 amide bonds. The molecule has 0 bridgehead atoms. The van der Waals surface area contributed by atoms with Crippen molar-refractivity contribution in [1.82, 2.24) is 13.7 Å². The van der Waals surface area contributed by atoms with Gasteiger partial charge in [-0.3, -0.25) is 19.2 Å². The van der Waals surface area contributed by atoms with Crippen molar-refractivity contribution >= 4 is 23.1 Å². The highest BCUT2D eigenvalue weighted by molar-refractivity contribution is 6.21. The van der Waals surface area contributed by atoms with E-state index in [2.05, 4.69) is 26.3 Å². The number of ketones is 4. The van der Waals surface area contributed by atoms with Crippen LogP contribution in [0.15, 0.2) is 63.0 Å². The number of nitrogens with zero attached hydrogens (tertiary/aromatic N) is 3. The molecule has 0 aliphatic rings. The van der Waals surface area contributed by atoms with E-state index < -0.39 is 57.5 Å². The lowest BCUT2D eigenvalue weighted by atomic mass is 9.83. The summed E-state index contributed by atoms with van der Waals surface area (Å²) >= 11 is 0. The predicted octanol–water partition coefficient (Wildman–Crippen LogP) is 0.694. The smallest absolute Gasteiger partial charge is 0.339 e. The summed E-state index contributed by atoms with van der Waals surface area (Å²) in [5.74, 6) is -4.29. The van der Waals surface area contributed by atoms with Crippen molar-refractivity contribution in [2.75, 3.05) is 0 Å². The van der Waals surface area contributed by atoms with E-state index in [0.717, 1.165) is 20.8 Å². The van der Waals surface area contributed by atoms with Gasteiger partial charge in [-0.1, -0.05) is 26.3 Å². The van der Waals surface area contributed by atoms with E-state index in [9.17, 15) is 38.7 Å². The van der Waals surface area contributed by atoms with Crippen LogP contribution in [0.1, 0.15) is 54.7 Å². The van der Waals surface area contributed by atoms with E-state index in [-0.39, 0.29) is 36.0 Å². The zero-order valence-electron chi connectivity index (χ0n) is 21.6. The maximum absolute atomic E-state index is 13.9. The molecular weight excluding hydrogens is 470 g/mol. The van der Waals surface area contributed by atoms with Gasteiger partial charge in [0.25, 0.3) is 0 Å². The quantitative estimate of drug-likeness (QED) is 0.343. The van der Waals surface area contributed by atoms with E-state index in [0.29, 0.717) is 0 Å². The minimum Gasteiger partial charge on any atom is -0.373 e. The maximum atomic E-state index is 13.9. The topological polar surface area (TPSA) is 155 Å². The van der Waals surface area contributed by atoms with Crippen LogP contribution < -0.4 is 17.1 Å². The van der Waals surface area contributed by atoms with Gasteiger partial charge in [-0.25, -0.2) is 28.1 Å². The molecule has 1 heterocycles. The summed E-state index contributed by atoms with van der Waals surface area (Å²) in [6, 6.07) is 0. The summed E-state index contributed by atoms with van der Waals surface area (Å²) in [7, 11) is 0. The lowest BCUT2D eigenvalue weighted by molar-refractivity contribution is -0.134. The van der Waals surface area contributed by atoms with Gasteiger partial charge in [0.15, 0.2) is 34.2 Å². The highest BCUT2D eigenvalue weighted by Crippen LogP contribution is 2.25. The lowest BCUT2D eigenvalue weighted by Gasteiger charge is -2.33. The number of rotatable bonds is 11. The average Bonchev–Trinajstić information content (AvgIpc) is 2.75. The Morgan fingerprint density at radius 1 is 0.639 bits per heavy atom. The number of hydrogen-bond donors (Lipinski definition) is 1. The van der Waals surface area contributed by atoms with Crippen molar-refractivity contribution in [3.8, 4) is 0 Å². The van der Waals surface area contributed by atoms with Crippen molar-refractivity contribution in [2.45, 2.75) is 65.8 Å². The number of allylic oxidation sites excluding steroid dienone is 4. The molecule has 0 aromatic carbocycles. The highest BCUT2D eigenvalue weighted by Gasteiger charge is 2.51. The van der Waals surface area contributed by atoms with Gasteiger partial charge in [0, 0.05) is 0 Å². The normalized spacial score (nSPS) is 12.4. The maximum Gasteiger partial charge on any atom is 0.339 e. The molecule has 0 saturated carbocycles. The predicted molar refractivity (Wildman–Crippen MR) is 133 cm³/mol. The van der Waals surface area contributed by atoms with Crippen LogP contribution in [-0.2, 0) is 30.3 Å². The molecule has 11 heteroatoms. The number of carbonyl (C=O) groups excluding carboxylic acids is 4. The minimum absolute atomic E-state index is 0.130. The third-order valence-electron chi connectivity index (χ3n) is 5.76. The number of aliphatic hydroxyl groups excluding tert-OH is 1. The number of aromatic nitrogens is 3. The van der Waals surface area contributed by atoms with Crippen LogP contribution in [0, 0.1) is 0 Å². The molecular formula is C25H31N3O8. The first-order chi connectivity index (χ1) is 16.2. The van der Waals surface area contributed by atoms with Gasteiger partial charge in [0.1, 0.15) is 6.23 Å². The Kier molecular flexibility index (Phi) is 8.29. The SMILES string of the molecule is C=C(C)C(=O)C(C)(C(=O)C(=C)C)n1c(=O)n(C(C)O)c(=O)n(C(C)(C(=O)C(=C)C)C(=O)C(=C)C)c1=O. The second kappa shape index (κ2) is 9.94. The Morgan fingerprint density at radius 2 is 0.861 bits per heavy atom. The molecule has 36 heavy (non-hydrogen) atoms. The summed E-state index contributed by atoms with van der Waals surface area (Å²) in [5.41, 5.74) is -10.8. The lowest BCUT2D eigenvalue weighted by Crippen LogP contribution is -2.69. The van der Waals surface area contributed by atoms with Crippen LogP contribution in [0.5, 0.6) is 0 Å². The largest absolute Gasteiger partial charge is 0.373 e. The molecule has 0 saturated heterocycles. The minimum atomic E-state index is -2.63. The molecule has 1 rings (SSSR count). The summed E-state index contributed by atoms with van der Waals surface area (Å²) < 4.78 is 0.405. The fourth-order valence-corrected chi connectivity index (χ4v) is 3.92. The molecule has 1 N–H and O–H groups in total. The van der Waals surface area contributed by atoms with Crippen LogP contribution in [0.25, 0.3) is 0 Å². The Hall–Kier alpha value is -3.99. The Bertz CT molecular complexity index is 1280. The van der Waals surface area contributed by atoms with Crippen molar-refractivity contribution < 1.29 is 24.3 Å². The zero-order chi connectivity index (χ0) is 28.7. The molecule has 0 spiro atoms. The first-order valence-electron chi connectivity index (χ1n) is 10.7. The van der Waals surface area contributed by atoms with E-state index in [1.54, 1.807) is 0 Å². The zero-order valence-corrected chi connectivity index (χ0v) is 21.6. The van der Waals surface area contributed by atoms with Crippen LogP contribution >= 0.6 is 0 Å². The second-order valence-corrected chi connectivity index (χ2v) is 9.10. The first kappa shape index (κ1) is 30.0. The highest BCUT2D eigenvalue weighted by atomic mass is 16.3. The molecule has 0 aliphatic carbocycles. The van der Waals surface area contributed by atoms with Crippen LogP contribution in [-0.4, -0.2) is 41.9 Å². The van der Waals surface area contributed by atoms with Gasteiger partial charge in [-0.2, -0.15) is 0 Å². The van der Waals surface area contributed by atoms with Gasteiger partial charge in [-0.15, -0.1) is 0 Å². The fourth-order valence-electron chi connectivity index (χ4n) is 3.92. The van der Waals surface area contributed by atoms with E-state index in [1.165, 1.54) is 27.7 Å². The van der Waals surface area contributed by atoms with Crippen LogP contribution in [0.3, 0.4) is 0 Å².